The first-order chi connectivity index (χ1) is 7.37. The van der Waals surface area contributed by atoms with Crippen LogP contribution in [0, 0.1) is 0 Å². The van der Waals surface area contributed by atoms with Crippen LogP contribution in [0.25, 0.3) is 0 Å². The van der Waals surface area contributed by atoms with Gasteiger partial charge in [-0.15, -0.1) is 0 Å². The summed E-state index contributed by atoms with van der Waals surface area (Å²) in [5.41, 5.74) is 0.925. The molecule has 1 aromatic heterocycles. The van der Waals surface area contributed by atoms with Crippen molar-refractivity contribution in [2.75, 3.05) is 0 Å². The molecule has 1 N–H and O–H groups in total. The Balaban J connectivity index is 2.22. The molecule has 0 spiro atoms. The Labute approximate surface area is 91.9 Å². The van der Waals surface area contributed by atoms with Gasteiger partial charge < -0.3 is 5.11 Å². The summed E-state index contributed by atoms with van der Waals surface area (Å²) in [6.45, 7) is 0. The van der Waals surface area contributed by atoms with Crippen LogP contribution in [0.5, 0.6) is 0 Å². The fourth-order valence-electron chi connectivity index (χ4n) is 1.41. The lowest BCUT2D eigenvalue weighted by Gasteiger charge is -2.11. The number of rotatable bonds is 5. The van der Waals surface area contributed by atoms with Crippen molar-refractivity contribution in [3.63, 3.8) is 0 Å². The molecular weight excluding hydrogens is 221 g/mol. The van der Waals surface area contributed by atoms with Crippen molar-refractivity contribution in [1.82, 2.24) is 9.78 Å². The fourth-order valence-corrected chi connectivity index (χ4v) is 1.41. The number of hydrogen-bond donors (Lipinski definition) is 1. The van der Waals surface area contributed by atoms with Gasteiger partial charge in [-0.05, 0) is 24.8 Å². The van der Waals surface area contributed by atoms with Crippen molar-refractivity contribution in [3.8, 4) is 0 Å². The molecule has 1 unspecified atom stereocenters. The van der Waals surface area contributed by atoms with Gasteiger partial charge in [-0.1, -0.05) is 0 Å². The van der Waals surface area contributed by atoms with Crippen LogP contribution in [-0.2, 0) is 13.5 Å². The maximum Gasteiger partial charge on any atom is 0.389 e. The summed E-state index contributed by atoms with van der Waals surface area (Å²) >= 11 is 0. The van der Waals surface area contributed by atoms with E-state index in [1.54, 1.807) is 24.1 Å². The van der Waals surface area contributed by atoms with Crippen molar-refractivity contribution in [2.24, 2.45) is 7.05 Å². The normalized spacial score (nSPS) is 14.1. The molecule has 0 radical (unpaired) electrons. The molecule has 0 saturated heterocycles. The molecule has 0 aliphatic carbocycles. The zero-order chi connectivity index (χ0) is 12.2. The topological polar surface area (TPSA) is 38.0 Å². The van der Waals surface area contributed by atoms with Crippen molar-refractivity contribution in [3.05, 3.63) is 18.0 Å². The van der Waals surface area contributed by atoms with E-state index in [1.165, 1.54) is 0 Å². The second-order valence-electron chi connectivity index (χ2n) is 3.87. The average Bonchev–Trinajstić information content (AvgIpc) is 2.57. The van der Waals surface area contributed by atoms with Gasteiger partial charge in [0.15, 0.2) is 0 Å². The minimum absolute atomic E-state index is 0.232. The van der Waals surface area contributed by atoms with Crippen LogP contribution in [0.15, 0.2) is 12.4 Å². The smallest absolute Gasteiger partial charge is 0.389 e. The Morgan fingerprint density at radius 3 is 2.62 bits per heavy atom. The third-order valence-electron chi connectivity index (χ3n) is 2.29. The number of aryl methyl sites for hydroxylation is 2. The number of halogens is 3. The van der Waals surface area contributed by atoms with E-state index in [0.29, 0.717) is 12.8 Å². The van der Waals surface area contributed by atoms with Gasteiger partial charge in [0.05, 0.1) is 12.3 Å². The zero-order valence-electron chi connectivity index (χ0n) is 9.04. The lowest BCUT2D eigenvalue weighted by atomic mass is 10.1. The molecule has 0 aliphatic rings. The molecule has 1 aromatic rings. The largest absolute Gasteiger partial charge is 0.393 e. The predicted octanol–water partition coefficient (Wildman–Crippen LogP) is 2.06. The summed E-state index contributed by atoms with van der Waals surface area (Å²) in [6.07, 6.45) is -1.93. The minimum Gasteiger partial charge on any atom is -0.393 e. The SMILES string of the molecule is Cn1cc(CCC(O)CCC(F)(F)F)cn1. The summed E-state index contributed by atoms with van der Waals surface area (Å²) in [4.78, 5) is 0. The van der Waals surface area contributed by atoms with E-state index >= 15 is 0 Å². The van der Waals surface area contributed by atoms with Gasteiger partial charge >= 0.3 is 6.18 Å². The highest BCUT2D eigenvalue weighted by atomic mass is 19.4. The average molecular weight is 236 g/mol. The summed E-state index contributed by atoms with van der Waals surface area (Å²) in [5, 5.41) is 13.3. The fraction of sp³-hybridized carbons (Fsp3) is 0.700. The molecule has 92 valence electrons. The van der Waals surface area contributed by atoms with E-state index in [1.807, 2.05) is 0 Å². The summed E-state index contributed by atoms with van der Waals surface area (Å²) in [7, 11) is 1.77. The molecule has 0 amide bonds. The van der Waals surface area contributed by atoms with Gasteiger partial charge in [0.25, 0.3) is 0 Å². The van der Waals surface area contributed by atoms with Gasteiger partial charge in [0, 0.05) is 19.7 Å². The van der Waals surface area contributed by atoms with Gasteiger partial charge in [-0.3, -0.25) is 4.68 Å². The van der Waals surface area contributed by atoms with Crippen LogP contribution < -0.4 is 0 Å². The number of alkyl halides is 3. The number of nitrogens with zero attached hydrogens (tertiary/aromatic N) is 2. The van der Waals surface area contributed by atoms with E-state index in [9.17, 15) is 18.3 Å². The highest BCUT2D eigenvalue weighted by Gasteiger charge is 2.27. The van der Waals surface area contributed by atoms with Crippen molar-refractivity contribution >= 4 is 0 Å². The van der Waals surface area contributed by atoms with Crippen LogP contribution >= 0.6 is 0 Å². The monoisotopic (exact) mass is 236 g/mol. The predicted molar refractivity (Wildman–Crippen MR) is 52.8 cm³/mol. The van der Waals surface area contributed by atoms with Gasteiger partial charge in [-0.2, -0.15) is 18.3 Å². The first kappa shape index (κ1) is 13.0. The lowest BCUT2D eigenvalue weighted by molar-refractivity contribution is -0.140. The van der Waals surface area contributed by atoms with Crippen LogP contribution in [0.3, 0.4) is 0 Å². The minimum atomic E-state index is -4.19. The Morgan fingerprint density at radius 1 is 1.44 bits per heavy atom. The molecule has 1 rings (SSSR count). The summed E-state index contributed by atoms with van der Waals surface area (Å²) in [5.74, 6) is 0. The van der Waals surface area contributed by atoms with E-state index in [-0.39, 0.29) is 6.42 Å². The zero-order valence-corrected chi connectivity index (χ0v) is 9.04. The number of aliphatic hydroxyl groups is 1. The second kappa shape index (κ2) is 5.34. The molecule has 16 heavy (non-hydrogen) atoms. The number of hydrogen-bond acceptors (Lipinski definition) is 2. The molecule has 3 nitrogen and oxygen atoms in total. The quantitative estimate of drug-likeness (QED) is 0.849. The molecule has 0 aromatic carbocycles. The highest BCUT2D eigenvalue weighted by Crippen LogP contribution is 2.23. The standard InChI is InChI=1S/C10H15F3N2O/c1-15-7-8(6-14-15)2-3-9(16)4-5-10(11,12)13/h6-7,9,16H,2-5H2,1H3. The Morgan fingerprint density at radius 2 is 2.12 bits per heavy atom. The lowest BCUT2D eigenvalue weighted by Crippen LogP contribution is -2.14. The first-order valence-corrected chi connectivity index (χ1v) is 5.09. The maximum atomic E-state index is 11.9. The van der Waals surface area contributed by atoms with Crippen LogP contribution in [-0.4, -0.2) is 27.2 Å². The molecule has 0 saturated carbocycles. The highest BCUT2D eigenvalue weighted by molar-refractivity contribution is 5.03. The Hall–Kier alpha value is -1.04. The summed E-state index contributed by atoms with van der Waals surface area (Å²) in [6, 6.07) is 0. The third-order valence-corrected chi connectivity index (χ3v) is 2.29. The Bertz CT molecular complexity index is 322. The van der Waals surface area contributed by atoms with Crippen molar-refractivity contribution < 1.29 is 18.3 Å². The van der Waals surface area contributed by atoms with Crippen LogP contribution in [0.2, 0.25) is 0 Å². The second-order valence-corrected chi connectivity index (χ2v) is 3.87. The molecule has 1 heterocycles. The molecule has 0 bridgehead atoms. The molecular formula is C10H15F3N2O. The molecule has 0 fully saturated rings. The van der Waals surface area contributed by atoms with E-state index in [0.717, 1.165) is 5.56 Å². The number of aliphatic hydroxyl groups excluding tert-OH is 1. The molecule has 1 atom stereocenters. The third kappa shape index (κ3) is 5.16. The summed E-state index contributed by atoms with van der Waals surface area (Å²) < 4.78 is 37.2. The Kier molecular flexibility index (Phi) is 4.35. The maximum absolute atomic E-state index is 11.9. The van der Waals surface area contributed by atoms with Gasteiger partial charge in [0.1, 0.15) is 0 Å². The van der Waals surface area contributed by atoms with Gasteiger partial charge in [0.2, 0.25) is 0 Å². The van der Waals surface area contributed by atoms with Crippen LogP contribution in [0.4, 0.5) is 13.2 Å². The van der Waals surface area contributed by atoms with E-state index in [2.05, 4.69) is 5.10 Å². The van der Waals surface area contributed by atoms with Crippen LogP contribution in [0.1, 0.15) is 24.8 Å². The van der Waals surface area contributed by atoms with Crippen molar-refractivity contribution in [2.45, 2.75) is 38.0 Å². The van der Waals surface area contributed by atoms with Crippen molar-refractivity contribution in [1.29, 1.82) is 0 Å². The number of aromatic nitrogens is 2. The van der Waals surface area contributed by atoms with E-state index < -0.39 is 18.7 Å². The van der Waals surface area contributed by atoms with Gasteiger partial charge in [-0.25, -0.2) is 0 Å². The molecule has 6 heteroatoms. The molecule has 0 aliphatic heterocycles. The first-order valence-electron chi connectivity index (χ1n) is 5.09. The van der Waals surface area contributed by atoms with E-state index in [4.69, 9.17) is 0 Å².